The Balaban J connectivity index is 2.93. The van der Waals surface area contributed by atoms with E-state index in [1.165, 1.54) is 15.6 Å². The van der Waals surface area contributed by atoms with Gasteiger partial charge in [0.1, 0.15) is 0 Å². The molecule has 2 aromatic rings. The molecule has 0 fully saturated rings. The van der Waals surface area contributed by atoms with Crippen molar-refractivity contribution in [3.63, 3.8) is 0 Å². The molecule has 2 rings (SSSR count). The maximum Gasteiger partial charge on any atom is 0.0424 e. The number of hydrogen-bond donors (Lipinski definition) is 0. The van der Waals surface area contributed by atoms with Gasteiger partial charge in [-0.15, -0.1) is 11.3 Å². The minimum atomic E-state index is 1.26. The van der Waals surface area contributed by atoms with Gasteiger partial charge in [-0.05, 0) is 23.3 Å². The Hall–Kier alpha value is -0.820. The zero-order chi connectivity index (χ0) is 6.97. The first kappa shape index (κ1) is 5.93. The van der Waals surface area contributed by atoms with Gasteiger partial charge in [0.25, 0.3) is 0 Å². The van der Waals surface area contributed by atoms with Crippen LogP contribution in [0.1, 0.15) is 5.56 Å². The van der Waals surface area contributed by atoms with Crippen LogP contribution in [0, 0.1) is 13.0 Å². The topological polar surface area (TPSA) is 0 Å². The van der Waals surface area contributed by atoms with Crippen molar-refractivity contribution < 1.29 is 0 Å². The largest absolute Gasteiger partial charge is 0.143 e. The van der Waals surface area contributed by atoms with E-state index in [1.54, 1.807) is 11.3 Å². The minimum absolute atomic E-state index is 1.26. The Morgan fingerprint density at radius 2 is 2.40 bits per heavy atom. The van der Waals surface area contributed by atoms with Gasteiger partial charge in [0, 0.05) is 10.8 Å². The lowest BCUT2D eigenvalue weighted by Gasteiger charge is -1.86. The molecule has 0 atom stereocenters. The first-order chi connectivity index (χ1) is 4.88. The first-order valence-corrected chi connectivity index (χ1v) is 4.10. The summed E-state index contributed by atoms with van der Waals surface area (Å²) in [7, 11) is 0. The van der Waals surface area contributed by atoms with Crippen LogP contribution >= 0.6 is 11.3 Å². The van der Waals surface area contributed by atoms with Crippen molar-refractivity contribution in [2.75, 3.05) is 0 Å². The second kappa shape index (κ2) is 2.10. The molecular formula is C9H7S. The van der Waals surface area contributed by atoms with Crippen LogP contribution in [0.25, 0.3) is 10.1 Å². The van der Waals surface area contributed by atoms with Crippen molar-refractivity contribution in [3.8, 4) is 0 Å². The molecule has 1 aromatic carbocycles. The molecule has 0 aliphatic carbocycles. The molecule has 0 nitrogen and oxygen atoms in total. The summed E-state index contributed by atoms with van der Waals surface area (Å²) in [5.41, 5.74) is 1.36. The summed E-state index contributed by atoms with van der Waals surface area (Å²) in [5, 5.41) is 3.51. The van der Waals surface area contributed by atoms with Crippen molar-refractivity contribution in [3.05, 3.63) is 35.2 Å². The Labute approximate surface area is 64.1 Å². The molecule has 0 unspecified atom stereocenters. The smallest absolute Gasteiger partial charge is 0.0424 e. The quantitative estimate of drug-likeness (QED) is 0.537. The average Bonchev–Trinajstić information content (AvgIpc) is 2.34. The third-order valence-electron chi connectivity index (χ3n) is 1.60. The van der Waals surface area contributed by atoms with Crippen LogP contribution in [0.3, 0.4) is 0 Å². The van der Waals surface area contributed by atoms with Gasteiger partial charge in [-0.1, -0.05) is 18.2 Å². The van der Waals surface area contributed by atoms with Crippen molar-refractivity contribution in [2.24, 2.45) is 0 Å². The number of benzene rings is 1. The predicted molar refractivity (Wildman–Crippen MR) is 45.4 cm³/mol. The van der Waals surface area contributed by atoms with Crippen molar-refractivity contribution in [1.82, 2.24) is 0 Å². The van der Waals surface area contributed by atoms with E-state index < -0.39 is 0 Å². The van der Waals surface area contributed by atoms with Crippen molar-refractivity contribution >= 4 is 21.4 Å². The van der Waals surface area contributed by atoms with Gasteiger partial charge in [-0.2, -0.15) is 0 Å². The fourth-order valence-corrected chi connectivity index (χ4v) is 1.95. The van der Waals surface area contributed by atoms with Gasteiger partial charge in [-0.3, -0.25) is 0 Å². The van der Waals surface area contributed by atoms with E-state index >= 15 is 0 Å². The van der Waals surface area contributed by atoms with E-state index in [1.807, 2.05) is 12.1 Å². The highest BCUT2D eigenvalue weighted by Crippen LogP contribution is 2.23. The molecule has 1 heterocycles. The molecule has 0 N–H and O–H groups in total. The first-order valence-electron chi connectivity index (χ1n) is 3.22. The highest BCUT2D eigenvalue weighted by atomic mass is 32.1. The lowest BCUT2D eigenvalue weighted by molar-refractivity contribution is 1.60. The zero-order valence-corrected chi connectivity index (χ0v) is 6.53. The molecule has 0 spiro atoms. The molecule has 0 aliphatic rings. The molecule has 49 valence electrons. The normalized spacial score (nSPS) is 10.5. The van der Waals surface area contributed by atoms with Gasteiger partial charge >= 0.3 is 0 Å². The third-order valence-corrected chi connectivity index (χ3v) is 2.64. The number of fused-ring (bicyclic) bond motifs is 1. The standard InChI is InChI=1S/C9H7S/c1-7-6-10-9-5-3-2-4-8(7)9/h2-4,6H,1H3. The second-order valence-corrected chi connectivity index (χ2v) is 3.21. The van der Waals surface area contributed by atoms with E-state index in [0.29, 0.717) is 0 Å². The Bertz CT molecular complexity index is 346. The Kier molecular flexibility index (Phi) is 1.24. The van der Waals surface area contributed by atoms with Crippen molar-refractivity contribution in [1.29, 1.82) is 0 Å². The molecule has 0 saturated carbocycles. The molecule has 1 heteroatoms. The van der Waals surface area contributed by atoms with E-state index in [4.69, 9.17) is 0 Å². The van der Waals surface area contributed by atoms with Crippen LogP contribution < -0.4 is 0 Å². The number of hydrogen-bond acceptors (Lipinski definition) is 1. The fraction of sp³-hybridized carbons (Fsp3) is 0.111. The van der Waals surface area contributed by atoms with Crippen LogP contribution in [-0.4, -0.2) is 0 Å². The fourth-order valence-electron chi connectivity index (χ4n) is 1.04. The summed E-state index contributed by atoms with van der Waals surface area (Å²) >= 11 is 1.76. The van der Waals surface area contributed by atoms with Gasteiger partial charge in [0.15, 0.2) is 0 Å². The van der Waals surface area contributed by atoms with E-state index in [0.717, 1.165) is 0 Å². The number of rotatable bonds is 0. The van der Waals surface area contributed by atoms with Gasteiger partial charge in [0.2, 0.25) is 0 Å². The number of thiophene rings is 1. The molecule has 1 radical (unpaired) electrons. The Morgan fingerprint density at radius 1 is 1.50 bits per heavy atom. The zero-order valence-electron chi connectivity index (χ0n) is 5.72. The lowest BCUT2D eigenvalue weighted by atomic mass is 10.2. The van der Waals surface area contributed by atoms with E-state index in [9.17, 15) is 0 Å². The molecule has 0 saturated heterocycles. The molecule has 1 aromatic heterocycles. The maximum absolute atomic E-state index is 3.19. The molecular weight excluding hydrogens is 140 g/mol. The maximum atomic E-state index is 3.19. The van der Waals surface area contributed by atoms with E-state index in [2.05, 4.69) is 24.4 Å². The van der Waals surface area contributed by atoms with Crippen LogP contribution in [0.4, 0.5) is 0 Å². The SMILES string of the molecule is Cc1csc2[c]cccc12. The monoisotopic (exact) mass is 147 g/mol. The summed E-state index contributed by atoms with van der Waals surface area (Å²) in [6.45, 7) is 2.13. The minimum Gasteiger partial charge on any atom is -0.143 e. The van der Waals surface area contributed by atoms with Crippen LogP contribution in [0.15, 0.2) is 23.6 Å². The summed E-state index contributed by atoms with van der Waals surface area (Å²) in [6.07, 6.45) is 0. The Morgan fingerprint density at radius 3 is 3.20 bits per heavy atom. The van der Waals surface area contributed by atoms with Gasteiger partial charge in [0.05, 0.1) is 0 Å². The molecule has 0 amide bonds. The highest BCUT2D eigenvalue weighted by molar-refractivity contribution is 7.17. The van der Waals surface area contributed by atoms with Crippen LogP contribution in [-0.2, 0) is 0 Å². The van der Waals surface area contributed by atoms with E-state index in [-0.39, 0.29) is 0 Å². The lowest BCUT2D eigenvalue weighted by Crippen LogP contribution is -1.64. The van der Waals surface area contributed by atoms with Crippen LogP contribution in [0.5, 0.6) is 0 Å². The van der Waals surface area contributed by atoms with Gasteiger partial charge < -0.3 is 0 Å². The molecule has 10 heavy (non-hydrogen) atoms. The predicted octanol–water partition coefficient (Wildman–Crippen LogP) is 3.01. The summed E-state index contributed by atoms with van der Waals surface area (Å²) in [6, 6.07) is 9.31. The molecule has 0 bridgehead atoms. The van der Waals surface area contributed by atoms with Crippen molar-refractivity contribution in [2.45, 2.75) is 6.92 Å². The summed E-state index contributed by atoms with van der Waals surface area (Å²) in [5.74, 6) is 0. The average molecular weight is 147 g/mol. The second-order valence-electron chi connectivity index (χ2n) is 2.33. The van der Waals surface area contributed by atoms with Crippen LogP contribution in [0.2, 0.25) is 0 Å². The molecule has 0 aliphatic heterocycles. The van der Waals surface area contributed by atoms with Gasteiger partial charge in [-0.25, -0.2) is 0 Å². The summed E-state index contributed by atoms with van der Waals surface area (Å²) < 4.78 is 1.26. The number of aryl methyl sites for hydroxylation is 1. The summed E-state index contributed by atoms with van der Waals surface area (Å²) in [4.78, 5) is 0. The third kappa shape index (κ3) is 0.745. The highest BCUT2D eigenvalue weighted by Gasteiger charge is 1.95.